The van der Waals surface area contributed by atoms with Gasteiger partial charge in [0.2, 0.25) is 5.91 Å². The molecule has 2 aromatic rings. The minimum Gasteiger partial charge on any atom is -0.326 e. The molecule has 5 rings (SSSR count). The molecule has 1 N–H and O–H groups in total. The molecular weight excluding hydrogens is 374 g/mol. The molecule has 0 saturated heterocycles. The van der Waals surface area contributed by atoms with E-state index in [9.17, 15) is 9.59 Å². The standard InChI is InChI=1S/C25H23N3O2/c26-15-25(10-11-25)14-24(30)28-18-8-6-16(7-9-18)21-12-19(13-23(29)17-4-5-17)27-22-3-1-2-20(21)22/h1-2,6-9,12,17H,3-5,10-11,13-14H2,(H,28,30). The molecule has 150 valence electrons. The van der Waals surface area contributed by atoms with Gasteiger partial charge in [-0.1, -0.05) is 24.3 Å². The first kappa shape index (κ1) is 18.7. The number of carbonyl (C=O) groups is 2. The van der Waals surface area contributed by atoms with E-state index in [0.29, 0.717) is 12.2 Å². The Balaban J connectivity index is 1.35. The molecule has 5 nitrogen and oxygen atoms in total. The Kier molecular flexibility index (Phi) is 4.51. The zero-order valence-electron chi connectivity index (χ0n) is 16.8. The summed E-state index contributed by atoms with van der Waals surface area (Å²) in [6, 6.07) is 12.0. The Labute approximate surface area is 175 Å². The largest absolute Gasteiger partial charge is 0.326 e. The smallest absolute Gasteiger partial charge is 0.225 e. The van der Waals surface area contributed by atoms with Crippen LogP contribution in [0.2, 0.25) is 0 Å². The average molecular weight is 397 g/mol. The van der Waals surface area contributed by atoms with Crippen molar-refractivity contribution in [3.05, 3.63) is 53.4 Å². The number of allylic oxidation sites excluding steroid dienone is 1. The second-order valence-corrected chi connectivity index (χ2v) is 8.74. The molecule has 0 bridgehead atoms. The fraction of sp³-hybridized carbons (Fsp3) is 0.360. The van der Waals surface area contributed by atoms with Gasteiger partial charge in [-0.3, -0.25) is 14.6 Å². The van der Waals surface area contributed by atoms with Crippen LogP contribution >= 0.6 is 0 Å². The molecular formula is C25H23N3O2. The summed E-state index contributed by atoms with van der Waals surface area (Å²) in [7, 11) is 0. The summed E-state index contributed by atoms with van der Waals surface area (Å²) in [5, 5.41) is 12.1. The highest BCUT2D eigenvalue weighted by Gasteiger charge is 2.44. The van der Waals surface area contributed by atoms with E-state index in [1.54, 1.807) is 0 Å². The van der Waals surface area contributed by atoms with Crippen molar-refractivity contribution in [1.29, 1.82) is 5.26 Å². The first-order valence-corrected chi connectivity index (χ1v) is 10.6. The Bertz CT molecular complexity index is 1100. The minimum atomic E-state index is -0.442. The number of pyridine rings is 1. The van der Waals surface area contributed by atoms with Gasteiger partial charge < -0.3 is 5.32 Å². The van der Waals surface area contributed by atoms with E-state index in [4.69, 9.17) is 10.2 Å². The van der Waals surface area contributed by atoms with Gasteiger partial charge in [-0.05, 0) is 55.0 Å². The van der Waals surface area contributed by atoms with Crippen LogP contribution in [0, 0.1) is 22.7 Å². The first-order valence-electron chi connectivity index (χ1n) is 10.6. The number of hydrogen-bond acceptors (Lipinski definition) is 4. The summed E-state index contributed by atoms with van der Waals surface area (Å²) in [6.07, 6.45) is 9.29. The second kappa shape index (κ2) is 7.21. The summed E-state index contributed by atoms with van der Waals surface area (Å²) >= 11 is 0. The number of fused-ring (bicyclic) bond motifs is 1. The number of benzene rings is 1. The van der Waals surface area contributed by atoms with Gasteiger partial charge in [0.25, 0.3) is 0 Å². The van der Waals surface area contributed by atoms with Crippen molar-refractivity contribution in [3.8, 4) is 17.2 Å². The van der Waals surface area contributed by atoms with Crippen molar-refractivity contribution in [2.24, 2.45) is 11.3 Å². The molecule has 2 saturated carbocycles. The molecule has 1 aromatic heterocycles. The van der Waals surface area contributed by atoms with Gasteiger partial charge in [0.05, 0.1) is 17.2 Å². The van der Waals surface area contributed by atoms with Gasteiger partial charge in [0.1, 0.15) is 5.78 Å². The van der Waals surface area contributed by atoms with E-state index in [0.717, 1.165) is 65.9 Å². The molecule has 3 aliphatic rings. The summed E-state index contributed by atoms with van der Waals surface area (Å²) in [4.78, 5) is 29.2. The number of nitrogens with one attached hydrogen (secondary N) is 1. The van der Waals surface area contributed by atoms with E-state index >= 15 is 0 Å². The summed E-state index contributed by atoms with van der Waals surface area (Å²) in [5.41, 5.74) is 5.37. The van der Waals surface area contributed by atoms with E-state index in [-0.39, 0.29) is 18.2 Å². The molecule has 5 heteroatoms. The molecule has 2 fully saturated rings. The number of carbonyl (C=O) groups excluding carboxylic acids is 2. The van der Waals surface area contributed by atoms with Crippen LogP contribution < -0.4 is 5.32 Å². The SMILES string of the molecule is N#CC1(CC(=O)Nc2ccc(-c3cc(CC(=O)C4CC4)nc4c3C=CC4)cc2)CC1. The average Bonchev–Trinajstić information content (AvgIpc) is 3.66. The maximum absolute atomic E-state index is 12.3. The van der Waals surface area contributed by atoms with Crippen LogP contribution in [-0.2, 0) is 22.4 Å². The maximum atomic E-state index is 12.3. The number of ketones is 1. The molecule has 1 amide bonds. The molecule has 0 atom stereocenters. The van der Waals surface area contributed by atoms with Crippen molar-refractivity contribution in [2.75, 3.05) is 5.32 Å². The fourth-order valence-electron chi connectivity index (χ4n) is 4.08. The number of nitrogens with zero attached hydrogens (tertiary/aromatic N) is 2. The number of Topliss-reactive ketones (excluding diaryl/α,β-unsaturated/α-hetero) is 1. The van der Waals surface area contributed by atoms with E-state index < -0.39 is 5.41 Å². The number of hydrogen-bond donors (Lipinski definition) is 1. The van der Waals surface area contributed by atoms with Crippen LogP contribution in [0.4, 0.5) is 5.69 Å². The lowest BCUT2D eigenvalue weighted by molar-refractivity contribution is -0.119. The maximum Gasteiger partial charge on any atom is 0.225 e. The Morgan fingerprint density at radius 2 is 1.97 bits per heavy atom. The van der Waals surface area contributed by atoms with Crippen LogP contribution in [0.25, 0.3) is 17.2 Å². The Morgan fingerprint density at radius 1 is 1.20 bits per heavy atom. The lowest BCUT2D eigenvalue weighted by Crippen LogP contribution is -2.16. The highest BCUT2D eigenvalue weighted by atomic mass is 16.1. The van der Waals surface area contributed by atoms with Crippen LogP contribution in [0.15, 0.2) is 36.4 Å². The summed E-state index contributed by atoms with van der Waals surface area (Å²) in [5.74, 6) is 0.416. The lowest BCUT2D eigenvalue weighted by Gasteiger charge is -2.12. The van der Waals surface area contributed by atoms with E-state index in [2.05, 4.69) is 23.5 Å². The quantitative estimate of drug-likeness (QED) is 0.747. The van der Waals surface area contributed by atoms with Gasteiger partial charge in [-0.2, -0.15) is 5.26 Å². The van der Waals surface area contributed by atoms with E-state index in [1.807, 2.05) is 30.3 Å². The predicted octanol–water partition coefficient (Wildman–Crippen LogP) is 4.47. The van der Waals surface area contributed by atoms with Crippen LogP contribution in [0.5, 0.6) is 0 Å². The van der Waals surface area contributed by atoms with Gasteiger partial charge in [-0.25, -0.2) is 0 Å². The van der Waals surface area contributed by atoms with Crippen LogP contribution in [0.3, 0.4) is 0 Å². The summed E-state index contributed by atoms with van der Waals surface area (Å²) < 4.78 is 0. The number of nitriles is 1. The number of amides is 1. The zero-order chi connectivity index (χ0) is 20.7. The number of aromatic nitrogens is 1. The van der Waals surface area contributed by atoms with Crippen molar-refractivity contribution in [1.82, 2.24) is 4.98 Å². The summed E-state index contributed by atoms with van der Waals surface area (Å²) in [6.45, 7) is 0. The van der Waals surface area contributed by atoms with Gasteiger partial charge in [0.15, 0.2) is 0 Å². The molecule has 0 spiro atoms. The highest BCUT2D eigenvalue weighted by molar-refractivity contribution is 5.92. The van der Waals surface area contributed by atoms with Crippen molar-refractivity contribution < 1.29 is 9.59 Å². The third kappa shape index (κ3) is 3.78. The molecule has 3 aliphatic carbocycles. The third-order valence-electron chi connectivity index (χ3n) is 6.24. The van der Waals surface area contributed by atoms with Gasteiger partial charge in [0, 0.05) is 42.1 Å². The van der Waals surface area contributed by atoms with Crippen LogP contribution in [-0.4, -0.2) is 16.7 Å². The predicted molar refractivity (Wildman–Crippen MR) is 114 cm³/mol. The molecule has 0 unspecified atom stereocenters. The normalized spacial score (nSPS) is 17.8. The topological polar surface area (TPSA) is 82.9 Å². The first-order chi connectivity index (χ1) is 14.5. The van der Waals surface area contributed by atoms with Crippen molar-refractivity contribution in [2.45, 2.75) is 44.9 Å². The minimum absolute atomic E-state index is 0.115. The molecule has 1 heterocycles. The third-order valence-corrected chi connectivity index (χ3v) is 6.24. The van der Waals surface area contributed by atoms with Gasteiger partial charge in [-0.15, -0.1) is 0 Å². The second-order valence-electron chi connectivity index (χ2n) is 8.74. The Morgan fingerprint density at radius 3 is 2.63 bits per heavy atom. The number of rotatable bonds is 7. The van der Waals surface area contributed by atoms with Crippen molar-refractivity contribution >= 4 is 23.5 Å². The van der Waals surface area contributed by atoms with Gasteiger partial charge >= 0.3 is 0 Å². The molecule has 30 heavy (non-hydrogen) atoms. The van der Waals surface area contributed by atoms with E-state index in [1.165, 1.54) is 0 Å². The van der Waals surface area contributed by atoms with Crippen LogP contribution in [0.1, 0.15) is 49.1 Å². The fourth-order valence-corrected chi connectivity index (χ4v) is 4.08. The molecule has 0 radical (unpaired) electrons. The lowest BCUT2D eigenvalue weighted by atomic mass is 9.97. The highest BCUT2D eigenvalue weighted by Crippen LogP contribution is 2.48. The zero-order valence-corrected chi connectivity index (χ0v) is 16.8. The molecule has 1 aromatic carbocycles. The molecule has 0 aliphatic heterocycles. The monoisotopic (exact) mass is 397 g/mol. The van der Waals surface area contributed by atoms with Crippen molar-refractivity contribution in [3.63, 3.8) is 0 Å². The Hall–Kier alpha value is -3.26. The number of anilines is 1.